The van der Waals surface area contributed by atoms with E-state index in [9.17, 15) is 29.4 Å². The summed E-state index contributed by atoms with van der Waals surface area (Å²) in [6.07, 6.45) is -1.61. The van der Waals surface area contributed by atoms with Gasteiger partial charge >= 0.3 is 13.6 Å². The number of esters is 1. The van der Waals surface area contributed by atoms with Crippen molar-refractivity contribution in [2.45, 2.75) is 37.3 Å². The highest BCUT2D eigenvalue weighted by atomic mass is 31.2. The van der Waals surface area contributed by atoms with E-state index < -0.39 is 50.6 Å². The van der Waals surface area contributed by atoms with E-state index in [1.165, 1.54) is 30.3 Å². The second-order valence-electron chi connectivity index (χ2n) is 7.17. The molecule has 3 aromatic heterocycles. The third kappa shape index (κ3) is 4.52. The molecule has 0 unspecified atom stereocenters. The summed E-state index contributed by atoms with van der Waals surface area (Å²) in [7, 11) is -5.04. The molecule has 0 saturated carbocycles. The van der Waals surface area contributed by atoms with Crippen LogP contribution in [0.1, 0.15) is 13.2 Å². The van der Waals surface area contributed by atoms with E-state index in [2.05, 4.69) is 24.7 Å². The van der Waals surface area contributed by atoms with Crippen molar-refractivity contribution in [2.24, 2.45) is 0 Å². The van der Waals surface area contributed by atoms with Crippen LogP contribution in [-0.2, 0) is 23.6 Å². The summed E-state index contributed by atoms with van der Waals surface area (Å²) in [5, 5.41) is 21.0. The zero-order chi connectivity index (χ0) is 24.6. The number of oxazole rings is 1. The van der Waals surface area contributed by atoms with Crippen molar-refractivity contribution in [2.75, 3.05) is 18.9 Å². The van der Waals surface area contributed by atoms with Crippen LogP contribution in [0.5, 0.6) is 0 Å². The van der Waals surface area contributed by atoms with Crippen molar-refractivity contribution >= 4 is 30.5 Å². The lowest BCUT2D eigenvalue weighted by Crippen LogP contribution is -2.36. The average Bonchev–Trinajstić information content (AvgIpc) is 3.49. The maximum absolute atomic E-state index is 11.9. The number of aliphatic hydroxyl groups excluding tert-OH is 2. The van der Waals surface area contributed by atoms with Gasteiger partial charge in [-0.2, -0.15) is 0 Å². The summed E-state index contributed by atoms with van der Waals surface area (Å²) < 4.78 is 33.4. The van der Waals surface area contributed by atoms with Gasteiger partial charge < -0.3 is 44.4 Å². The van der Waals surface area contributed by atoms with Gasteiger partial charge in [0.2, 0.25) is 5.82 Å². The van der Waals surface area contributed by atoms with E-state index in [0.29, 0.717) is 0 Å². The highest BCUT2D eigenvalue weighted by Crippen LogP contribution is 2.43. The van der Waals surface area contributed by atoms with Crippen molar-refractivity contribution in [3.63, 3.8) is 0 Å². The molecule has 6 N–H and O–H groups in total. The molecule has 0 aliphatic carbocycles. The SMILES string of the molecule is CCOC(=O)[C@H](OC[C@H]1O[C@@H](n2cnc3c(N)nc(-c4ncco4)nc32)[C@H](O)[C@@H]1O)P(=O)(O)O. The topological polar surface area (TPSA) is 238 Å². The molecule has 17 heteroatoms. The van der Waals surface area contributed by atoms with Crippen LogP contribution >= 0.6 is 7.60 Å². The number of carbonyl (C=O) groups excluding carboxylic acids is 1. The molecule has 0 amide bonds. The fourth-order valence-corrected chi connectivity index (χ4v) is 3.98. The largest absolute Gasteiger partial charge is 0.464 e. The quantitative estimate of drug-likeness (QED) is 0.180. The number of nitrogens with two attached hydrogens (primary N) is 1. The first kappa shape index (κ1) is 24.2. The van der Waals surface area contributed by atoms with Gasteiger partial charge in [0.05, 0.1) is 25.7 Å². The molecule has 0 aromatic carbocycles. The number of anilines is 1. The van der Waals surface area contributed by atoms with Gasteiger partial charge in [0, 0.05) is 0 Å². The monoisotopic (exact) mass is 500 g/mol. The maximum Gasteiger partial charge on any atom is 0.365 e. The first-order chi connectivity index (χ1) is 16.1. The lowest BCUT2D eigenvalue weighted by Gasteiger charge is -2.20. The van der Waals surface area contributed by atoms with Crippen molar-refractivity contribution in [1.29, 1.82) is 0 Å². The number of rotatable bonds is 8. The lowest BCUT2D eigenvalue weighted by molar-refractivity contribution is -0.155. The van der Waals surface area contributed by atoms with Gasteiger partial charge in [-0.05, 0) is 6.92 Å². The molecule has 3 aromatic rings. The third-order valence-corrected chi connectivity index (χ3v) is 5.87. The number of hydrogen-bond donors (Lipinski definition) is 5. The molecule has 1 aliphatic rings. The van der Waals surface area contributed by atoms with E-state index in [1.807, 2.05) is 0 Å². The highest BCUT2D eigenvalue weighted by Gasteiger charge is 2.46. The second kappa shape index (κ2) is 9.34. The fourth-order valence-electron chi connectivity index (χ4n) is 3.35. The van der Waals surface area contributed by atoms with Crippen LogP contribution in [0.2, 0.25) is 0 Å². The van der Waals surface area contributed by atoms with Crippen molar-refractivity contribution in [3.05, 3.63) is 18.8 Å². The summed E-state index contributed by atoms with van der Waals surface area (Å²) >= 11 is 0. The van der Waals surface area contributed by atoms with Gasteiger partial charge in [-0.1, -0.05) is 0 Å². The van der Waals surface area contributed by atoms with Crippen molar-refractivity contribution in [1.82, 2.24) is 24.5 Å². The minimum absolute atomic E-state index is 0.00351. The predicted octanol–water partition coefficient (Wildman–Crippen LogP) is -1.23. The van der Waals surface area contributed by atoms with Gasteiger partial charge in [-0.3, -0.25) is 9.13 Å². The van der Waals surface area contributed by atoms with Crippen LogP contribution in [0.25, 0.3) is 22.9 Å². The Bertz CT molecular complexity index is 1210. The van der Waals surface area contributed by atoms with Crippen molar-refractivity contribution < 1.29 is 48.0 Å². The van der Waals surface area contributed by atoms with Crippen LogP contribution < -0.4 is 5.73 Å². The zero-order valence-electron chi connectivity index (χ0n) is 17.5. The number of hydrogen-bond acceptors (Lipinski definition) is 13. The van der Waals surface area contributed by atoms with Gasteiger partial charge in [-0.15, -0.1) is 0 Å². The van der Waals surface area contributed by atoms with E-state index in [4.69, 9.17) is 19.6 Å². The van der Waals surface area contributed by atoms with E-state index in [1.54, 1.807) is 0 Å². The first-order valence-corrected chi connectivity index (χ1v) is 11.5. The Morgan fingerprint density at radius 1 is 1.29 bits per heavy atom. The number of fused-ring (bicyclic) bond motifs is 1. The Hall–Kier alpha value is -2.98. The number of nitrogens with zero attached hydrogens (tertiary/aromatic N) is 5. The molecule has 4 rings (SSSR count). The molecule has 4 heterocycles. The molecule has 1 aliphatic heterocycles. The zero-order valence-corrected chi connectivity index (χ0v) is 18.4. The average molecular weight is 500 g/mol. The minimum atomic E-state index is -5.04. The Morgan fingerprint density at radius 2 is 2.06 bits per heavy atom. The van der Waals surface area contributed by atoms with Crippen LogP contribution in [0.3, 0.4) is 0 Å². The Morgan fingerprint density at radius 3 is 2.71 bits per heavy atom. The van der Waals surface area contributed by atoms with Crippen LogP contribution in [0.15, 0.2) is 23.2 Å². The molecule has 184 valence electrons. The number of nitrogen functional groups attached to an aromatic ring is 1. The van der Waals surface area contributed by atoms with Crippen LogP contribution in [0, 0.1) is 0 Å². The van der Waals surface area contributed by atoms with Gasteiger partial charge in [-0.25, -0.2) is 24.7 Å². The Labute approximate surface area is 190 Å². The number of aromatic nitrogens is 5. The Balaban J connectivity index is 1.57. The molecular weight excluding hydrogens is 479 g/mol. The molecule has 1 saturated heterocycles. The minimum Gasteiger partial charge on any atom is -0.464 e. The molecule has 16 nitrogen and oxygen atoms in total. The van der Waals surface area contributed by atoms with Gasteiger partial charge in [0.1, 0.15) is 30.1 Å². The number of carbonyl (C=O) groups is 1. The predicted molar refractivity (Wildman–Crippen MR) is 110 cm³/mol. The van der Waals surface area contributed by atoms with Crippen LogP contribution in [-0.4, -0.2) is 87.8 Å². The number of ether oxygens (including phenoxy) is 3. The molecule has 0 spiro atoms. The number of imidazole rings is 1. The Kier molecular flexibility index (Phi) is 6.64. The molecule has 1 fully saturated rings. The third-order valence-electron chi connectivity index (χ3n) is 4.90. The van der Waals surface area contributed by atoms with E-state index in [0.717, 1.165) is 0 Å². The first-order valence-electron chi connectivity index (χ1n) is 9.86. The molecule has 5 atom stereocenters. The summed E-state index contributed by atoms with van der Waals surface area (Å²) in [6, 6.07) is 0. The highest BCUT2D eigenvalue weighted by molar-refractivity contribution is 7.53. The summed E-state index contributed by atoms with van der Waals surface area (Å²) in [5.74, 6) is -3.35. The second-order valence-corrected chi connectivity index (χ2v) is 8.81. The number of aliphatic hydroxyl groups is 2. The van der Waals surface area contributed by atoms with E-state index in [-0.39, 0.29) is 35.3 Å². The van der Waals surface area contributed by atoms with Gasteiger partial charge in [0.15, 0.2) is 17.7 Å². The smallest absolute Gasteiger partial charge is 0.365 e. The maximum atomic E-state index is 11.9. The molecular formula is C17H21N6O10P. The van der Waals surface area contributed by atoms with Gasteiger partial charge in [0.25, 0.3) is 11.7 Å². The molecule has 34 heavy (non-hydrogen) atoms. The lowest BCUT2D eigenvalue weighted by atomic mass is 10.1. The van der Waals surface area contributed by atoms with Crippen molar-refractivity contribution in [3.8, 4) is 11.7 Å². The summed E-state index contributed by atoms with van der Waals surface area (Å²) in [5.41, 5.74) is 6.27. The van der Waals surface area contributed by atoms with Crippen LogP contribution in [0.4, 0.5) is 5.82 Å². The summed E-state index contributed by atoms with van der Waals surface area (Å²) in [6.45, 7) is 0.684. The van der Waals surface area contributed by atoms with E-state index >= 15 is 0 Å². The summed E-state index contributed by atoms with van der Waals surface area (Å²) in [4.78, 5) is 47.1. The standard InChI is InChI=1S/C17H21N6O10P/c1-2-30-16(26)17(34(27,28)29)32-5-7-9(24)10(25)15(33-7)23-6-20-8-11(18)21-12(22-13(8)23)14-19-3-4-31-14/h3-4,6-7,9-10,15,17,24-25H,2,5H2,1H3,(H2,18,21,22)(H2,27,28,29)/t7-,9-,10-,15-,17-/m1/s1. The molecule has 0 radical (unpaired) electrons. The fraction of sp³-hybridized carbons (Fsp3) is 0.471. The normalized spacial score (nSPS) is 23.9. The molecule has 0 bridgehead atoms.